The number of halogens is 1. The summed E-state index contributed by atoms with van der Waals surface area (Å²) in [5.41, 5.74) is -0.621. The quantitative estimate of drug-likeness (QED) is 0.834. The van der Waals surface area contributed by atoms with Crippen molar-refractivity contribution in [3.05, 3.63) is 54.3 Å². The van der Waals surface area contributed by atoms with Gasteiger partial charge in [-0.25, -0.2) is 4.39 Å². The predicted octanol–water partition coefficient (Wildman–Crippen LogP) is 2.75. The Morgan fingerprint density at radius 1 is 1.00 bits per heavy atom. The van der Waals surface area contributed by atoms with E-state index in [1.165, 1.54) is 6.07 Å². The van der Waals surface area contributed by atoms with Crippen LogP contribution in [0, 0.1) is 5.82 Å². The average Bonchev–Trinajstić information content (AvgIpc) is 2.46. The number of hydrogen-bond donors (Lipinski definition) is 2. The molecule has 2 aromatic carbocycles. The van der Waals surface area contributed by atoms with E-state index in [0.29, 0.717) is 11.0 Å². The van der Waals surface area contributed by atoms with Crippen molar-refractivity contribution in [3.63, 3.8) is 0 Å². The van der Waals surface area contributed by atoms with Gasteiger partial charge in [-0.3, -0.25) is 0 Å². The van der Waals surface area contributed by atoms with Gasteiger partial charge in [0.05, 0.1) is 11.2 Å². The minimum atomic E-state index is -1.32. The van der Waals surface area contributed by atoms with Crippen LogP contribution in [-0.2, 0) is 4.65 Å². The standard InChI is InChI=1S/C18H22BFO3/c1-17(2,21)18(3,4)23-19(22)14-10-11-15(16(20)12-14)13-8-6-5-7-9-13/h5-12,21-22H,1-4H3. The van der Waals surface area contributed by atoms with Crippen molar-refractivity contribution in [1.82, 2.24) is 0 Å². The highest BCUT2D eigenvalue weighted by molar-refractivity contribution is 6.60. The molecule has 2 aromatic rings. The summed E-state index contributed by atoms with van der Waals surface area (Å²) >= 11 is 0. The molecule has 0 amide bonds. The van der Waals surface area contributed by atoms with Crippen molar-refractivity contribution in [1.29, 1.82) is 0 Å². The molecule has 2 rings (SSSR count). The van der Waals surface area contributed by atoms with E-state index in [9.17, 15) is 14.5 Å². The Morgan fingerprint density at radius 2 is 1.61 bits per heavy atom. The maximum atomic E-state index is 14.3. The molecule has 0 radical (unpaired) electrons. The van der Waals surface area contributed by atoms with E-state index in [1.54, 1.807) is 39.8 Å². The van der Waals surface area contributed by atoms with Gasteiger partial charge in [-0.2, -0.15) is 0 Å². The summed E-state index contributed by atoms with van der Waals surface area (Å²) < 4.78 is 19.9. The van der Waals surface area contributed by atoms with Crippen LogP contribution in [0.25, 0.3) is 11.1 Å². The summed E-state index contributed by atoms with van der Waals surface area (Å²) in [4.78, 5) is 0. The van der Waals surface area contributed by atoms with Crippen LogP contribution in [-0.4, -0.2) is 28.5 Å². The zero-order valence-electron chi connectivity index (χ0n) is 13.9. The molecule has 0 heterocycles. The lowest BCUT2D eigenvalue weighted by atomic mass is 9.76. The van der Waals surface area contributed by atoms with Crippen LogP contribution in [0.2, 0.25) is 0 Å². The van der Waals surface area contributed by atoms with Crippen molar-refractivity contribution in [2.75, 3.05) is 0 Å². The van der Waals surface area contributed by atoms with E-state index in [2.05, 4.69) is 0 Å². The molecule has 0 unspecified atom stereocenters. The van der Waals surface area contributed by atoms with Gasteiger partial charge in [-0.15, -0.1) is 0 Å². The molecule has 0 fully saturated rings. The highest BCUT2D eigenvalue weighted by Gasteiger charge is 2.39. The summed E-state index contributed by atoms with van der Waals surface area (Å²) in [7, 11) is -1.32. The zero-order chi connectivity index (χ0) is 17.3. The smallest absolute Gasteiger partial charge is 0.423 e. The Balaban J connectivity index is 2.24. The highest BCUT2D eigenvalue weighted by Crippen LogP contribution is 2.26. The van der Waals surface area contributed by atoms with E-state index in [-0.39, 0.29) is 0 Å². The summed E-state index contributed by atoms with van der Waals surface area (Å²) in [6.07, 6.45) is 0. The second-order valence-corrected chi connectivity index (χ2v) is 6.64. The predicted molar refractivity (Wildman–Crippen MR) is 90.9 cm³/mol. The molecule has 0 aliphatic heterocycles. The van der Waals surface area contributed by atoms with Crippen LogP contribution in [0.4, 0.5) is 4.39 Å². The molecule has 0 aliphatic carbocycles. The van der Waals surface area contributed by atoms with Crippen molar-refractivity contribution >= 4 is 12.6 Å². The first-order valence-corrected chi connectivity index (χ1v) is 7.55. The Kier molecular flexibility index (Phi) is 4.94. The van der Waals surface area contributed by atoms with Crippen LogP contribution in [0.1, 0.15) is 27.7 Å². The topological polar surface area (TPSA) is 49.7 Å². The van der Waals surface area contributed by atoms with Gasteiger partial charge in [0, 0.05) is 5.56 Å². The molecular formula is C18H22BFO3. The second kappa shape index (κ2) is 6.44. The molecule has 0 bridgehead atoms. The Labute approximate surface area is 136 Å². The van der Waals surface area contributed by atoms with Gasteiger partial charge >= 0.3 is 7.12 Å². The number of rotatable bonds is 5. The van der Waals surface area contributed by atoms with Crippen molar-refractivity contribution in [2.45, 2.75) is 38.9 Å². The van der Waals surface area contributed by atoms with E-state index >= 15 is 0 Å². The molecule has 5 heteroatoms. The molecule has 0 saturated heterocycles. The Bertz CT molecular complexity index is 666. The fraction of sp³-hybridized carbons (Fsp3) is 0.333. The van der Waals surface area contributed by atoms with Gasteiger partial charge in [0.2, 0.25) is 0 Å². The molecule has 0 aliphatic rings. The molecule has 2 N–H and O–H groups in total. The van der Waals surface area contributed by atoms with Crippen LogP contribution in [0.3, 0.4) is 0 Å². The van der Waals surface area contributed by atoms with Gasteiger partial charge in [-0.05, 0) is 44.8 Å². The van der Waals surface area contributed by atoms with Gasteiger partial charge in [0.15, 0.2) is 0 Å². The van der Waals surface area contributed by atoms with E-state index < -0.39 is 24.1 Å². The summed E-state index contributed by atoms with van der Waals surface area (Å²) in [5.74, 6) is -0.433. The number of hydrogen-bond acceptors (Lipinski definition) is 3. The normalized spacial score (nSPS) is 12.3. The van der Waals surface area contributed by atoms with Crippen LogP contribution >= 0.6 is 0 Å². The van der Waals surface area contributed by atoms with Gasteiger partial charge < -0.3 is 14.8 Å². The number of aliphatic hydroxyl groups is 1. The molecule has 0 atom stereocenters. The third kappa shape index (κ3) is 3.99. The monoisotopic (exact) mass is 316 g/mol. The summed E-state index contributed by atoms with van der Waals surface area (Å²) in [6, 6.07) is 13.7. The van der Waals surface area contributed by atoms with Crippen LogP contribution < -0.4 is 5.46 Å². The van der Waals surface area contributed by atoms with E-state index in [0.717, 1.165) is 5.56 Å². The molecular weight excluding hydrogens is 294 g/mol. The Morgan fingerprint density at radius 3 is 2.13 bits per heavy atom. The molecule has 0 saturated carbocycles. The van der Waals surface area contributed by atoms with E-state index in [1.807, 2.05) is 30.3 Å². The number of benzene rings is 2. The van der Waals surface area contributed by atoms with Crippen molar-refractivity contribution in [3.8, 4) is 11.1 Å². The maximum absolute atomic E-state index is 14.3. The molecule has 3 nitrogen and oxygen atoms in total. The third-order valence-electron chi connectivity index (χ3n) is 4.24. The van der Waals surface area contributed by atoms with Crippen molar-refractivity contribution < 1.29 is 19.2 Å². The van der Waals surface area contributed by atoms with Gasteiger partial charge in [0.1, 0.15) is 5.82 Å². The second-order valence-electron chi connectivity index (χ2n) is 6.64. The maximum Gasteiger partial charge on any atom is 0.491 e. The SMILES string of the molecule is CC(C)(O)C(C)(C)OB(O)c1ccc(-c2ccccc2)c(F)c1. The average molecular weight is 316 g/mol. The first kappa shape index (κ1) is 17.7. The molecule has 0 aromatic heterocycles. The zero-order valence-corrected chi connectivity index (χ0v) is 13.9. The van der Waals surface area contributed by atoms with Crippen LogP contribution in [0.15, 0.2) is 48.5 Å². The lowest BCUT2D eigenvalue weighted by molar-refractivity contribution is -0.0982. The summed E-state index contributed by atoms with van der Waals surface area (Å²) in [5, 5.41) is 20.3. The fourth-order valence-electron chi connectivity index (χ4n) is 2.03. The lowest BCUT2D eigenvalue weighted by Crippen LogP contribution is -2.53. The first-order chi connectivity index (χ1) is 10.6. The molecule has 23 heavy (non-hydrogen) atoms. The minimum Gasteiger partial charge on any atom is -0.423 e. The molecule has 0 spiro atoms. The largest absolute Gasteiger partial charge is 0.491 e. The highest BCUT2D eigenvalue weighted by atomic mass is 19.1. The molecule has 122 valence electrons. The van der Waals surface area contributed by atoms with Crippen molar-refractivity contribution in [2.24, 2.45) is 0 Å². The van der Waals surface area contributed by atoms with Gasteiger partial charge in [0.25, 0.3) is 0 Å². The third-order valence-corrected chi connectivity index (χ3v) is 4.24. The summed E-state index contributed by atoms with van der Waals surface area (Å²) in [6.45, 7) is 6.54. The Hall–Kier alpha value is -1.69. The lowest BCUT2D eigenvalue weighted by Gasteiger charge is -2.38. The minimum absolute atomic E-state index is 0.305. The van der Waals surface area contributed by atoms with Gasteiger partial charge in [-0.1, -0.05) is 42.5 Å². The van der Waals surface area contributed by atoms with E-state index in [4.69, 9.17) is 4.65 Å². The first-order valence-electron chi connectivity index (χ1n) is 7.55. The fourth-order valence-corrected chi connectivity index (χ4v) is 2.03. The van der Waals surface area contributed by atoms with Crippen LogP contribution in [0.5, 0.6) is 0 Å².